The number of hydrogen-bond donors (Lipinski definition) is 1. The summed E-state index contributed by atoms with van der Waals surface area (Å²) in [4.78, 5) is 24.8. The van der Waals surface area contributed by atoms with Crippen LogP contribution in [0, 0.1) is 11.8 Å². The Balaban J connectivity index is 1.90. The SMILES string of the molecule is CC(C)C[C@H]1CN2CCc3cc(C=O)c(C=O)cc3[C@H]2C[C@H]1O. The van der Waals surface area contributed by atoms with Crippen molar-refractivity contribution in [2.24, 2.45) is 11.8 Å². The summed E-state index contributed by atoms with van der Waals surface area (Å²) in [5.74, 6) is 0.910. The molecule has 4 heteroatoms. The first-order valence-corrected chi connectivity index (χ1v) is 8.52. The highest BCUT2D eigenvalue weighted by molar-refractivity contribution is 5.91. The molecule has 0 spiro atoms. The minimum Gasteiger partial charge on any atom is -0.393 e. The zero-order valence-electron chi connectivity index (χ0n) is 13.9. The third kappa shape index (κ3) is 3.10. The Kier molecular flexibility index (Phi) is 4.64. The third-order valence-corrected chi connectivity index (χ3v) is 5.32. The van der Waals surface area contributed by atoms with Crippen molar-refractivity contribution in [1.82, 2.24) is 4.90 Å². The van der Waals surface area contributed by atoms with E-state index in [-0.39, 0.29) is 12.1 Å². The number of hydrogen-bond acceptors (Lipinski definition) is 4. The van der Waals surface area contributed by atoms with Gasteiger partial charge in [0.2, 0.25) is 0 Å². The van der Waals surface area contributed by atoms with Crippen LogP contribution in [-0.2, 0) is 6.42 Å². The number of fused-ring (bicyclic) bond motifs is 3. The second-order valence-electron chi connectivity index (χ2n) is 7.37. The molecule has 1 saturated heterocycles. The quantitative estimate of drug-likeness (QED) is 0.868. The molecule has 3 rings (SSSR count). The average Bonchev–Trinajstić information content (AvgIpc) is 2.53. The number of benzene rings is 1. The topological polar surface area (TPSA) is 57.6 Å². The van der Waals surface area contributed by atoms with E-state index in [2.05, 4.69) is 18.7 Å². The summed E-state index contributed by atoms with van der Waals surface area (Å²) in [6.45, 7) is 6.26. The van der Waals surface area contributed by atoms with Crippen LogP contribution in [0.1, 0.15) is 64.6 Å². The standard InChI is InChI=1S/C19H25NO3/c1-12(2)5-14-9-20-4-3-13-6-15(10-21)16(11-22)7-17(13)18(20)8-19(14)23/h6-7,10-12,14,18-19,23H,3-5,8-9H2,1-2H3/t14-,18+,19+/m0/s1. The molecule has 0 amide bonds. The maximum atomic E-state index is 11.2. The van der Waals surface area contributed by atoms with E-state index >= 15 is 0 Å². The number of aliphatic hydroxyl groups is 1. The molecule has 3 atom stereocenters. The van der Waals surface area contributed by atoms with Crippen LogP contribution in [0.4, 0.5) is 0 Å². The van der Waals surface area contributed by atoms with Crippen LogP contribution in [0.15, 0.2) is 12.1 Å². The van der Waals surface area contributed by atoms with Gasteiger partial charge in [-0.05, 0) is 54.4 Å². The fourth-order valence-electron chi connectivity index (χ4n) is 4.22. The van der Waals surface area contributed by atoms with E-state index < -0.39 is 0 Å². The molecule has 4 nitrogen and oxygen atoms in total. The van der Waals surface area contributed by atoms with Gasteiger partial charge >= 0.3 is 0 Å². The van der Waals surface area contributed by atoms with E-state index in [9.17, 15) is 14.7 Å². The highest BCUT2D eigenvalue weighted by atomic mass is 16.3. The van der Waals surface area contributed by atoms with Crippen LogP contribution < -0.4 is 0 Å². The Labute approximate surface area is 137 Å². The number of piperidine rings is 1. The number of carbonyl (C=O) groups excluding carboxylic acids is 2. The Morgan fingerprint density at radius 2 is 1.96 bits per heavy atom. The maximum absolute atomic E-state index is 11.2. The molecule has 124 valence electrons. The molecule has 1 fully saturated rings. The average molecular weight is 315 g/mol. The monoisotopic (exact) mass is 315 g/mol. The van der Waals surface area contributed by atoms with Gasteiger partial charge in [0.15, 0.2) is 12.6 Å². The van der Waals surface area contributed by atoms with Gasteiger partial charge < -0.3 is 5.11 Å². The Morgan fingerprint density at radius 1 is 1.26 bits per heavy atom. The van der Waals surface area contributed by atoms with Gasteiger partial charge in [-0.1, -0.05) is 13.8 Å². The molecule has 23 heavy (non-hydrogen) atoms. The van der Waals surface area contributed by atoms with Crippen LogP contribution in [0.3, 0.4) is 0 Å². The lowest BCUT2D eigenvalue weighted by Gasteiger charge is -2.46. The van der Waals surface area contributed by atoms with Crippen molar-refractivity contribution in [1.29, 1.82) is 0 Å². The predicted molar refractivity (Wildman–Crippen MR) is 88.8 cm³/mol. The number of rotatable bonds is 4. The summed E-state index contributed by atoms with van der Waals surface area (Å²) in [6.07, 6.45) is 3.87. The van der Waals surface area contributed by atoms with E-state index in [0.29, 0.717) is 29.4 Å². The lowest BCUT2D eigenvalue weighted by molar-refractivity contribution is -0.0191. The van der Waals surface area contributed by atoms with Gasteiger partial charge in [-0.25, -0.2) is 0 Å². The van der Waals surface area contributed by atoms with E-state index in [1.165, 1.54) is 0 Å². The normalized spacial score (nSPS) is 27.4. The van der Waals surface area contributed by atoms with E-state index in [1.54, 1.807) is 0 Å². The smallest absolute Gasteiger partial charge is 0.150 e. The first-order chi connectivity index (χ1) is 11.0. The molecule has 0 saturated carbocycles. The highest BCUT2D eigenvalue weighted by Crippen LogP contribution is 2.40. The van der Waals surface area contributed by atoms with Crippen molar-refractivity contribution in [3.8, 4) is 0 Å². The molecular weight excluding hydrogens is 290 g/mol. The Bertz CT molecular complexity index is 611. The van der Waals surface area contributed by atoms with Gasteiger partial charge in [-0.3, -0.25) is 14.5 Å². The summed E-state index contributed by atoms with van der Waals surface area (Å²) in [7, 11) is 0. The molecule has 2 heterocycles. The number of aldehydes is 2. The first-order valence-electron chi connectivity index (χ1n) is 8.52. The maximum Gasteiger partial charge on any atom is 0.150 e. The van der Waals surface area contributed by atoms with Crippen LogP contribution >= 0.6 is 0 Å². The van der Waals surface area contributed by atoms with E-state index in [0.717, 1.165) is 49.6 Å². The number of carbonyl (C=O) groups is 2. The molecule has 1 aromatic carbocycles. The van der Waals surface area contributed by atoms with Crippen LogP contribution in [0.5, 0.6) is 0 Å². The van der Waals surface area contributed by atoms with E-state index in [1.807, 2.05) is 12.1 Å². The minimum absolute atomic E-state index is 0.163. The van der Waals surface area contributed by atoms with Gasteiger partial charge in [0.05, 0.1) is 6.10 Å². The van der Waals surface area contributed by atoms with Crippen molar-refractivity contribution in [3.63, 3.8) is 0 Å². The molecule has 2 aliphatic rings. The fourth-order valence-corrected chi connectivity index (χ4v) is 4.22. The zero-order chi connectivity index (χ0) is 16.6. The van der Waals surface area contributed by atoms with Crippen molar-refractivity contribution in [3.05, 3.63) is 34.4 Å². The molecule has 0 aromatic heterocycles. The predicted octanol–water partition coefficient (Wildman–Crippen LogP) is 2.64. The molecule has 0 aliphatic carbocycles. The summed E-state index contributed by atoms with van der Waals surface area (Å²) in [5.41, 5.74) is 3.19. The fraction of sp³-hybridized carbons (Fsp3) is 0.579. The second kappa shape index (κ2) is 6.54. The molecule has 1 aromatic rings. The van der Waals surface area contributed by atoms with Crippen molar-refractivity contribution in [2.75, 3.05) is 13.1 Å². The summed E-state index contributed by atoms with van der Waals surface area (Å²) in [6, 6.07) is 3.88. The van der Waals surface area contributed by atoms with Crippen molar-refractivity contribution < 1.29 is 14.7 Å². The Morgan fingerprint density at radius 3 is 2.61 bits per heavy atom. The molecular formula is C19H25NO3. The zero-order valence-corrected chi connectivity index (χ0v) is 13.9. The second-order valence-corrected chi connectivity index (χ2v) is 7.37. The van der Waals surface area contributed by atoms with Gasteiger partial charge in [0.25, 0.3) is 0 Å². The van der Waals surface area contributed by atoms with Crippen LogP contribution in [0.25, 0.3) is 0 Å². The summed E-state index contributed by atoms with van der Waals surface area (Å²) in [5, 5.41) is 10.6. The molecule has 0 radical (unpaired) electrons. The van der Waals surface area contributed by atoms with E-state index in [4.69, 9.17) is 0 Å². The number of aliphatic hydroxyl groups excluding tert-OH is 1. The summed E-state index contributed by atoms with van der Waals surface area (Å²) < 4.78 is 0. The molecule has 2 aliphatic heterocycles. The van der Waals surface area contributed by atoms with Gasteiger partial charge in [0, 0.05) is 30.3 Å². The largest absolute Gasteiger partial charge is 0.393 e. The van der Waals surface area contributed by atoms with Crippen LogP contribution in [-0.4, -0.2) is 41.8 Å². The van der Waals surface area contributed by atoms with Gasteiger partial charge in [0.1, 0.15) is 0 Å². The molecule has 1 N–H and O–H groups in total. The minimum atomic E-state index is -0.296. The van der Waals surface area contributed by atoms with Gasteiger partial charge in [-0.15, -0.1) is 0 Å². The van der Waals surface area contributed by atoms with Gasteiger partial charge in [-0.2, -0.15) is 0 Å². The first kappa shape index (κ1) is 16.3. The Hall–Kier alpha value is -1.52. The molecule has 0 bridgehead atoms. The van der Waals surface area contributed by atoms with Crippen LogP contribution in [0.2, 0.25) is 0 Å². The van der Waals surface area contributed by atoms with Crippen molar-refractivity contribution >= 4 is 12.6 Å². The summed E-state index contributed by atoms with van der Waals surface area (Å²) >= 11 is 0. The lowest BCUT2D eigenvalue weighted by Crippen LogP contribution is -2.48. The third-order valence-electron chi connectivity index (χ3n) is 5.32. The van der Waals surface area contributed by atoms with Crippen molar-refractivity contribution in [2.45, 2.75) is 45.3 Å². The molecule has 0 unspecified atom stereocenters. The number of nitrogens with zero attached hydrogens (tertiary/aromatic N) is 1. The highest BCUT2D eigenvalue weighted by Gasteiger charge is 2.38. The lowest BCUT2D eigenvalue weighted by atomic mass is 9.78.